The second kappa shape index (κ2) is 4.17. The fraction of sp³-hybridized carbons (Fsp3) is 0.700. The highest BCUT2D eigenvalue weighted by Crippen LogP contribution is 2.35. The summed E-state index contributed by atoms with van der Waals surface area (Å²) in [6.45, 7) is 2.23. The summed E-state index contributed by atoms with van der Waals surface area (Å²) < 4.78 is 4.06. The predicted molar refractivity (Wildman–Crippen MR) is 61.6 cm³/mol. The molecule has 4 heteroatoms. The molecule has 14 heavy (non-hydrogen) atoms. The Balaban J connectivity index is 1.86. The Morgan fingerprint density at radius 3 is 3.00 bits per heavy atom. The van der Waals surface area contributed by atoms with Gasteiger partial charge < -0.3 is 11.1 Å². The molecule has 0 spiro atoms. The van der Waals surface area contributed by atoms with Crippen LogP contribution in [0.25, 0.3) is 0 Å². The molecular weight excluding hydrogens is 194 g/mol. The predicted octanol–water partition coefficient (Wildman–Crippen LogP) is 2.72. The number of nitrogens with zero attached hydrogens (tertiary/aromatic N) is 1. The van der Waals surface area contributed by atoms with E-state index < -0.39 is 0 Å². The van der Waals surface area contributed by atoms with Gasteiger partial charge in [0.25, 0.3) is 0 Å². The van der Waals surface area contributed by atoms with Gasteiger partial charge in [-0.2, -0.15) is 4.37 Å². The Morgan fingerprint density at radius 2 is 2.50 bits per heavy atom. The highest BCUT2D eigenvalue weighted by atomic mass is 32.1. The van der Waals surface area contributed by atoms with Gasteiger partial charge in [-0.25, -0.2) is 0 Å². The zero-order valence-electron chi connectivity index (χ0n) is 8.49. The second-order valence-corrected chi connectivity index (χ2v) is 4.85. The van der Waals surface area contributed by atoms with Crippen LogP contribution in [0.5, 0.6) is 0 Å². The Kier molecular flexibility index (Phi) is 2.91. The lowest BCUT2D eigenvalue weighted by atomic mass is 10.1. The van der Waals surface area contributed by atoms with Crippen molar-refractivity contribution in [2.45, 2.75) is 38.6 Å². The Labute approximate surface area is 88.9 Å². The van der Waals surface area contributed by atoms with Gasteiger partial charge in [-0.3, -0.25) is 0 Å². The maximum absolute atomic E-state index is 5.57. The number of hydrogen-bond acceptors (Lipinski definition) is 4. The van der Waals surface area contributed by atoms with Gasteiger partial charge in [0.15, 0.2) is 0 Å². The van der Waals surface area contributed by atoms with E-state index in [0.29, 0.717) is 11.9 Å². The number of aromatic nitrogens is 1. The first-order valence-electron chi connectivity index (χ1n) is 5.26. The van der Waals surface area contributed by atoms with Crippen LogP contribution in [-0.2, 0) is 0 Å². The minimum Gasteiger partial charge on any atom is -0.383 e. The zero-order chi connectivity index (χ0) is 9.97. The maximum atomic E-state index is 5.57. The van der Waals surface area contributed by atoms with Gasteiger partial charge in [-0.1, -0.05) is 19.8 Å². The minimum absolute atomic E-state index is 0.599. The molecule has 1 aromatic rings. The maximum Gasteiger partial charge on any atom is 0.139 e. The van der Waals surface area contributed by atoms with Crippen LogP contribution in [0.1, 0.15) is 32.6 Å². The van der Waals surface area contributed by atoms with Crippen molar-refractivity contribution in [3.8, 4) is 0 Å². The van der Waals surface area contributed by atoms with Crippen LogP contribution in [0.4, 0.5) is 10.8 Å². The third-order valence-corrected chi connectivity index (χ3v) is 3.42. The number of hydrogen-bond donors (Lipinski definition) is 2. The van der Waals surface area contributed by atoms with Crippen LogP contribution >= 0.6 is 11.5 Å². The molecule has 0 aromatic carbocycles. The van der Waals surface area contributed by atoms with Crippen LogP contribution in [0.15, 0.2) is 6.07 Å². The molecule has 1 aliphatic rings. The van der Waals surface area contributed by atoms with E-state index in [1.165, 1.54) is 37.2 Å². The Bertz CT molecular complexity index is 293. The molecule has 1 fully saturated rings. The summed E-state index contributed by atoms with van der Waals surface area (Å²) in [6, 6.07) is 2.52. The van der Waals surface area contributed by atoms with Gasteiger partial charge in [-0.15, -0.1) is 0 Å². The highest BCUT2D eigenvalue weighted by Gasteiger charge is 2.24. The molecule has 78 valence electrons. The van der Waals surface area contributed by atoms with E-state index >= 15 is 0 Å². The van der Waals surface area contributed by atoms with E-state index in [1.54, 1.807) is 0 Å². The fourth-order valence-electron chi connectivity index (χ4n) is 1.64. The zero-order valence-corrected chi connectivity index (χ0v) is 9.31. The molecule has 1 aromatic heterocycles. The summed E-state index contributed by atoms with van der Waals surface area (Å²) in [4.78, 5) is 0. The molecule has 1 atom stereocenters. The van der Waals surface area contributed by atoms with Crippen molar-refractivity contribution < 1.29 is 0 Å². The molecular formula is C10H17N3S. The van der Waals surface area contributed by atoms with Gasteiger partial charge in [0, 0.05) is 12.1 Å². The standard InChI is InChI=1S/C10H17N3S/c1-2-8(5-7-3-4-7)12-10-6-9(11)13-14-10/h6-8,12H,2-5H2,1H3,(H2,11,13). The molecule has 1 heterocycles. The lowest BCUT2D eigenvalue weighted by Crippen LogP contribution is -2.18. The molecule has 1 saturated carbocycles. The number of nitrogens with two attached hydrogens (primary N) is 1. The summed E-state index contributed by atoms with van der Waals surface area (Å²) in [5.74, 6) is 1.59. The summed E-state index contributed by atoms with van der Waals surface area (Å²) in [6.07, 6.45) is 5.31. The van der Waals surface area contributed by atoms with E-state index in [0.717, 1.165) is 10.9 Å². The number of nitrogens with one attached hydrogen (secondary N) is 1. The first-order valence-corrected chi connectivity index (χ1v) is 6.04. The van der Waals surface area contributed by atoms with Crippen molar-refractivity contribution in [2.75, 3.05) is 11.1 Å². The highest BCUT2D eigenvalue weighted by molar-refractivity contribution is 7.10. The summed E-state index contributed by atoms with van der Waals surface area (Å²) in [5.41, 5.74) is 5.57. The van der Waals surface area contributed by atoms with Crippen molar-refractivity contribution >= 4 is 22.4 Å². The van der Waals surface area contributed by atoms with Gasteiger partial charge >= 0.3 is 0 Å². The van der Waals surface area contributed by atoms with E-state index in [-0.39, 0.29) is 0 Å². The first-order chi connectivity index (χ1) is 6.78. The minimum atomic E-state index is 0.599. The molecule has 2 rings (SSSR count). The second-order valence-electron chi connectivity index (χ2n) is 4.04. The smallest absolute Gasteiger partial charge is 0.139 e. The van der Waals surface area contributed by atoms with E-state index in [1.807, 2.05) is 6.07 Å². The lowest BCUT2D eigenvalue weighted by molar-refractivity contribution is 0.588. The summed E-state index contributed by atoms with van der Waals surface area (Å²) >= 11 is 1.45. The van der Waals surface area contributed by atoms with E-state index in [2.05, 4.69) is 16.6 Å². The van der Waals surface area contributed by atoms with Crippen LogP contribution in [0, 0.1) is 5.92 Å². The molecule has 1 unspecified atom stereocenters. The molecule has 1 aliphatic carbocycles. The average Bonchev–Trinajstić information content (AvgIpc) is 2.89. The normalized spacial score (nSPS) is 18.1. The average molecular weight is 211 g/mol. The van der Waals surface area contributed by atoms with Crippen LogP contribution in [0.2, 0.25) is 0 Å². The van der Waals surface area contributed by atoms with Crippen LogP contribution in [0.3, 0.4) is 0 Å². The molecule has 0 aliphatic heterocycles. The van der Waals surface area contributed by atoms with Gasteiger partial charge in [-0.05, 0) is 30.3 Å². The molecule has 0 saturated heterocycles. The largest absolute Gasteiger partial charge is 0.383 e. The third-order valence-electron chi connectivity index (χ3n) is 2.68. The van der Waals surface area contributed by atoms with Crippen LogP contribution in [-0.4, -0.2) is 10.4 Å². The lowest BCUT2D eigenvalue weighted by Gasteiger charge is -2.15. The van der Waals surface area contributed by atoms with Crippen molar-refractivity contribution in [2.24, 2.45) is 5.92 Å². The molecule has 3 nitrogen and oxygen atoms in total. The van der Waals surface area contributed by atoms with Crippen LogP contribution < -0.4 is 11.1 Å². The first kappa shape index (κ1) is 9.77. The summed E-state index contributed by atoms with van der Waals surface area (Å²) in [7, 11) is 0. The number of rotatable bonds is 5. The Morgan fingerprint density at radius 1 is 1.71 bits per heavy atom. The van der Waals surface area contributed by atoms with Crippen molar-refractivity contribution in [3.63, 3.8) is 0 Å². The number of nitrogen functional groups attached to an aromatic ring is 1. The topological polar surface area (TPSA) is 50.9 Å². The van der Waals surface area contributed by atoms with Gasteiger partial charge in [0.1, 0.15) is 10.8 Å². The molecule has 0 bridgehead atoms. The quantitative estimate of drug-likeness (QED) is 0.787. The van der Waals surface area contributed by atoms with E-state index in [9.17, 15) is 0 Å². The van der Waals surface area contributed by atoms with Crippen molar-refractivity contribution in [3.05, 3.63) is 6.07 Å². The number of anilines is 2. The fourth-order valence-corrected chi connectivity index (χ4v) is 2.29. The van der Waals surface area contributed by atoms with Crippen molar-refractivity contribution in [1.29, 1.82) is 0 Å². The Hall–Kier alpha value is -0.770. The summed E-state index contributed by atoms with van der Waals surface area (Å²) in [5, 5.41) is 4.60. The molecule has 0 radical (unpaired) electrons. The van der Waals surface area contributed by atoms with Gasteiger partial charge in [0.2, 0.25) is 0 Å². The monoisotopic (exact) mass is 211 g/mol. The molecule has 0 amide bonds. The van der Waals surface area contributed by atoms with Crippen molar-refractivity contribution in [1.82, 2.24) is 4.37 Å². The third kappa shape index (κ3) is 2.61. The van der Waals surface area contributed by atoms with Gasteiger partial charge in [0.05, 0.1) is 0 Å². The molecule has 3 N–H and O–H groups in total. The SMILES string of the molecule is CCC(CC1CC1)Nc1cc(N)ns1. The van der Waals surface area contributed by atoms with E-state index in [4.69, 9.17) is 5.73 Å².